The molecular weight excluding hydrogens is 889 g/mol. The molecule has 1 amide bonds. The Morgan fingerprint density at radius 2 is 1.03 bits per heavy atom. The molecule has 0 atom stereocenters. The molecule has 13 nitrogen and oxygen atoms in total. The molecule has 1 N–H and O–H groups in total. The Kier molecular flexibility index (Phi) is 11.7. The molecule has 1 aliphatic heterocycles. The first-order valence-corrected chi connectivity index (χ1v) is 23.1. The predicted molar refractivity (Wildman–Crippen MR) is 199 cm³/mol. The van der Waals surface area contributed by atoms with E-state index >= 15 is 0 Å². The highest BCUT2D eigenvalue weighted by Crippen LogP contribution is 2.38. The Morgan fingerprint density at radius 1 is 0.583 bits per heavy atom. The number of amides is 1. The Bertz CT molecular complexity index is 2990. The summed E-state index contributed by atoms with van der Waals surface area (Å²) in [7, 11) is -19.7. The van der Waals surface area contributed by atoms with Gasteiger partial charge in [-0.25, -0.2) is 42.4 Å². The minimum atomic E-state index is -5.58. The number of hydrogen-bond donors (Lipinski definition) is 1. The largest absolute Gasteiger partial charge is 0.417 e. The highest BCUT2D eigenvalue weighted by Gasteiger charge is 2.41. The zero-order valence-corrected chi connectivity index (χ0v) is 33.5. The van der Waals surface area contributed by atoms with E-state index in [-0.39, 0.29) is 51.8 Å². The van der Waals surface area contributed by atoms with Gasteiger partial charge in [0, 0.05) is 31.4 Å². The van der Waals surface area contributed by atoms with Crippen molar-refractivity contribution >= 4 is 45.6 Å². The molecule has 1 aromatic heterocycles. The number of benzene rings is 4. The van der Waals surface area contributed by atoms with Crippen LogP contribution in [0.25, 0.3) is 0 Å². The average Bonchev–Trinajstić information content (AvgIpc) is 3.20. The fourth-order valence-corrected chi connectivity index (χ4v) is 12.1. The third kappa shape index (κ3) is 8.75. The van der Waals surface area contributed by atoms with Crippen molar-refractivity contribution in [1.82, 2.24) is 13.6 Å². The number of sulfonamides is 1. The van der Waals surface area contributed by atoms with E-state index < -0.39 is 106 Å². The summed E-state index contributed by atoms with van der Waals surface area (Å²) < 4.78 is 194. The molecule has 0 bridgehead atoms. The zero-order chi connectivity index (χ0) is 44.1. The Labute approximate surface area is 338 Å². The van der Waals surface area contributed by atoms with E-state index in [0.717, 1.165) is 23.1 Å². The van der Waals surface area contributed by atoms with E-state index in [2.05, 4.69) is 4.72 Å². The Morgan fingerprint density at radius 3 is 1.50 bits per heavy atom. The number of hydrogen-bond acceptors (Lipinski definition) is 10. The van der Waals surface area contributed by atoms with Crippen molar-refractivity contribution in [2.45, 2.75) is 60.6 Å². The van der Waals surface area contributed by atoms with Gasteiger partial charge in [-0.05, 0) is 79.6 Å². The molecule has 1 fully saturated rings. The van der Waals surface area contributed by atoms with Crippen LogP contribution in [-0.2, 0) is 52.1 Å². The number of nitrogens with one attached hydrogen (secondary N) is 1. The van der Waals surface area contributed by atoms with Gasteiger partial charge in [-0.1, -0.05) is 36.4 Å². The van der Waals surface area contributed by atoms with Crippen molar-refractivity contribution in [3.63, 3.8) is 0 Å². The van der Waals surface area contributed by atoms with Crippen LogP contribution < -0.4 is 10.3 Å². The molecule has 4 aromatic carbocycles. The lowest BCUT2D eigenvalue weighted by molar-refractivity contribution is -0.140. The molecule has 0 saturated carbocycles. The molecule has 0 radical (unpaired) electrons. The number of carbonyl (C=O) groups is 1. The van der Waals surface area contributed by atoms with Crippen LogP contribution in [0, 0.1) is 0 Å². The first-order chi connectivity index (χ1) is 27.8. The lowest BCUT2D eigenvalue weighted by Gasteiger charge is -2.32. The van der Waals surface area contributed by atoms with E-state index in [4.69, 9.17) is 0 Å². The quantitative estimate of drug-likeness (QED) is 0.178. The van der Waals surface area contributed by atoms with Gasteiger partial charge in [-0.2, -0.15) is 26.3 Å². The van der Waals surface area contributed by atoms with Crippen LogP contribution in [0.2, 0.25) is 0 Å². The summed E-state index contributed by atoms with van der Waals surface area (Å²) in [6.07, 6.45) is -10.6. The summed E-state index contributed by atoms with van der Waals surface area (Å²) in [5.74, 6) is -0.977. The number of rotatable bonds is 10. The molecular formula is C37H29F6N3O10S4. The van der Waals surface area contributed by atoms with Crippen LogP contribution in [0.5, 0.6) is 0 Å². The summed E-state index contributed by atoms with van der Waals surface area (Å²) >= 11 is 0. The summed E-state index contributed by atoms with van der Waals surface area (Å²) in [4.78, 5) is 22.2. The number of likely N-dealkylation sites (tertiary alicyclic amines) is 1. The number of aromatic nitrogens is 1. The van der Waals surface area contributed by atoms with Crippen molar-refractivity contribution in [3.8, 4) is 0 Å². The minimum Gasteiger partial charge on any atom is -0.338 e. The molecule has 318 valence electrons. The fourth-order valence-electron chi connectivity index (χ4n) is 6.27. The van der Waals surface area contributed by atoms with E-state index in [9.17, 15) is 69.6 Å². The van der Waals surface area contributed by atoms with E-state index in [1.54, 1.807) is 0 Å². The number of carbonyl (C=O) groups excluding carboxylic acids is 1. The molecule has 0 spiro atoms. The van der Waals surface area contributed by atoms with Crippen LogP contribution in [0.1, 0.15) is 34.3 Å². The molecule has 1 saturated heterocycles. The second kappa shape index (κ2) is 15.9. The van der Waals surface area contributed by atoms with Gasteiger partial charge in [0.05, 0.1) is 41.2 Å². The predicted octanol–water partition coefficient (Wildman–Crippen LogP) is 5.37. The Hall–Kier alpha value is -5.36. The van der Waals surface area contributed by atoms with Crippen molar-refractivity contribution in [2.24, 2.45) is 0 Å². The highest BCUT2D eigenvalue weighted by atomic mass is 32.2. The number of halogens is 6. The standard InChI is InChI=1S/C37H29F6N3O10S4/c38-36(39,40)30-14-12-28(57(49,50)26-7-3-1-4-8-26)21-32(30)59(53,54)44-25-17-19-45(20-18-25)35(48)24-11-16-34(47)46(23-24)60(55,56)33-22-29(13-15-31(33)37(41,42)43)58(51,52)27-9-5-2-6-10-27/h1-16,21-23,25,44H,17-20H2. The van der Waals surface area contributed by atoms with Crippen molar-refractivity contribution < 1.29 is 64.8 Å². The molecule has 2 heterocycles. The van der Waals surface area contributed by atoms with E-state index in [1.807, 2.05) is 0 Å². The van der Waals surface area contributed by atoms with Gasteiger partial charge in [-0.15, -0.1) is 0 Å². The van der Waals surface area contributed by atoms with Crippen molar-refractivity contribution in [2.75, 3.05) is 13.1 Å². The maximum absolute atomic E-state index is 14.1. The maximum atomic E-state index is 14.1. The number of piperidine rings is 1. The van der Waals surface area contributed by atoms with Gasteiger partial charge in [-0.3, -0.25) is 9.59 Å². The normalized spacial score (nSPS) is 14.9. The number of pyridine rings is 1. The van der Waals surface area contributed by atoms with Crippen LogP contribution in [0.3, 0.4) is 0 Å². The van der Waals surface area contributed by atoms with Gasteiger partial charge < -0.3 is 4.90 Å². The van der Waals surface area contributed by atoms with Crippen molar-refractivity contribution in [1.29, 1.82) is 0 Å². The lowest BCUT2D eigenvalue weighted by Crippen LogP contribution is -2.47. The monoisotopic (exact) mass is 917 g/mol. The lowest BCUT2D eigenvalue weighted by atomic mass is 10.1. The smallest absolute Gasteiger partial charge is 0.338 e. The fraction of sp³-hybridized carbons (Fsp3) is 0.189. The number of nitrogens with zero attached hydrogens (tertiary/aromatic N) is 2. The van der Waals surface area contributed by atoms with E-state index in [1.165, 1.54) is 48.5 Å². The summed E-state index contributed by atoms with van der Waals surface area (Å²) in [6, 6.07) is 15.7. The van der Waals surface area contributed by atoms with Gasteiger partial charge in [0.15, 0.2) is 0 Å². The van der Waals surface area contributed by atoms with Crippen LogP contribution in [0.4, 0.5) is 26.3 Å². The van der Waals surface area contributed by atoms with Crippen LogP contribution >= 0.6 is 0 Å². The second-order valence-corrected chi connectivity index (χ2v) is 20.6. The SMILES string of the molecule is O=C(c1ccc(=O)n(S(=O)(=O)c2cc(S(=O)(=O)c3ccccc3)ccc2C(F)(F)F)c1)N1CCC(NS(=O)(=O)c2cc(S(=O)(=O)c3ccccc3)ccc2C(F)(F)F)CC1. The number of alkyl halides is 6. The van der Waals surface area contributed by atoms with Gasteiger partial charge in [0.25, 0.3) is 21.5 Å². The molecule has 6 rings (SSSR count). The molecule has 60 heavy (non-hydrogen) atoms. The van der Waals surface area contributed by atoms with Gasteiger partial charge in [0.2, 0.25) is 29.7 Å². The first-order valence-electron chi connectivity index (χ1n) is 17.2. The molecule has 1 aliphatic rings. The third-order valence-corrected chi connectivity index (χ3v) is 16.1. The molecule has 0 aliphatic carbocycles. The van der Waals surface area contributed by atoms with Gasteiger partial charge >= 0.3 is 12.4 Å². The molecule has 5 aromatic rings. The van der Waals surface area contributed by atoms with Crippen LogP contribution in [0.15, 0.2) is 150 Å². The molecule has 0 unspecified atom stereocenters. The summed E-state index contributed by atoms with van der Waals surface area (Å²) in [5, 5.41) is 0. The topological polar surface area (TPSA) is 191 Å². The summed E-state index contributed by atoms with van der Waals surface area (Å²) in [6.45, 7) is -0.603. The summed E-state index contributed by atoms with van der Waals surface area (Å²) in [5.41, 5.74) is -5.41. The first kappa shape index (κ1) is 44.2. The van der Waals surface area contributed by atoms with Crippen molar-refractivity contribution in [3.05, 3.63) is 142 Å². The highest BCUT2D eigenvalue weighted by molar-refractivity contribution is 7.92. The Balaban J connectivity index is 1.25. The van der Waals surface area contributed by atoms with Gasteiger partial charge in [0.1, 0.15) is 4.90 Å². The maximum Gasteiger partial charge on any atom is 0.417 e. The minimum absolute atomic E-state index is 0.158. The van der Waals surface area contributed by atoms with E-state index in [0.29, 0.717) is 36.5 Å². The second-order valence-electron chi connectivity index (χ2n) is 13.2. The third-order valence-electron chi connectivity index (χ3n) is 9.30. The average molecular weight is 918 g/mol. The van der Waals surface area contributed by atoms with Crippen LogP contribution in [-0.4, -0.2) is 67.6 Å². The molecule has 23 heteroatoms. The zero-order valence-electron chi connectivity index (χ0n) is 30.3. The number of sulfone groups is 2.